The molecule has 0 atom stereocenters. The topological polar surface area (TPSA) is 107 Å². The molecule has 40 heavy (non-hydrogen) atoms. The van der Waals surface area contributed by atoms with Gasteiger partial charge >= 0.3 is 6.03 Å². The number of carbonyl (C=O) groups is 1. The molecule has 2 heterocycles. The molecule has 204 valence electrons. The number of hydrogen-bond acceptors (Lipinski definition) is 5. The first-order valence-corrected chi connectivity index (χ1v) is 13.3. The number of benzene rings is 3. The Morgan fingerprint density at radius 3 is 2.38 bits per heavy atom. The average molecular weight is 535 g/mol. The van der Waals surface area contributed by atoms with Crippen molar-refractivity contribution < 1.29 is 9.53 Å². The van der Waals surface area contributed by atoms with E-state index in [0.29, 0.717) is 29.7 Å². The second-order valence-electron chi connectivity index (χ2n) is 10.7. The van der Waals surface area contributed by atoms with Crippen LogP contribution < -0.4 is 21.1 Å². The number of anilines is 3. The number of fused-ring (bicyclic) bond motifs is 1. The summed E-state index contributed by atoms with van der Waals surface area (Å²) in [4.78, 5) is 17.3. The largest absolute Gasteiger partial charge is 0.488 e. The van der Waals surface area contributed by atoms with Gasteiger partial charge < -0.3 is 15.8 Å². The zero-order valence-electron chi connectivity index (χ0n) is 23.2. The van der Waals surface area contributed by atoms with E-state index in [1.807, 2.05) is 60.7 Å². The Morgan fingerprint density at radius 2 is 1.68 bits per heavy atom. The van der Waals surface area contributed by atoms with Gasteiger partial charge in [0, 0.05) is 28.5 Å². The maximum Gasteiger partial charge on any atom is 0.324 e. The molecule has 8 nitrogen and oxygen atoms in total. The predicted molar refractivity (Wildman–Crippen MR) is 161 cm³/mol. The van der Waals surface area contributed by atoms with Gasteiger partial charge in [-0.3, -0.25) is 5.32 Å². The SMILES string of the molecule is CCc1ccc(-n2nc(C(C)(C)C)cc2NC(=O)Nc2ccc(OCc3ccnc(N)c3)c3ccccc23)cc1. The van der Waals surface area contributed by atoms with Gasteiger partial charge in [0.15, 0.2) is 0 Å². The summed E-state index contributed by atoms with van der Waals surface area (Å²) in [6.45, 7) is 8.77. The molecule has 0 saturated heterocycles. The van der Waals surface area contributed by atoms with E-state index in [2.05, 4.69) is 55.4 Å². The number of pyridine rings is 1. The van der Waals surface area contributed by atoms with E-state index in [9.17, 15) is 4.79 Å². The molecule has 0 aliphatic heterocycles. The standard InChI is InChI=1S/C32H34N6O2/c1-5-21-10-12-23(13-11-21)38-30(19-28(37-38)32(2,3)4)36-31(39)35-26-14-15-27(25-9-7-6-8-24(25)26)40-20-22-16-17-34-29(33)18-22/h6-19H,5,20H2,1-4H3,(H2,33,34)(H2,35,36,39). The lowest BCUT2D eigenvalue weighted by Crippen LogP contribution is -2.21. The third-order valence-electron chi connectivity index (χ3n) is 6.68. The molecule has 0 aliphatic rings. The molecule has 2 aromatic heterocycles. The molecular formula is C32H34N6O2. The van der Waals surface area contributed by atoms with E-state index in [4.69, 9.17) is 15.6 Å². The maximum absolute atomic E-state index is 13.3. The molecule has 0 aliphatic carbocycles. The van der Waals surface area contributed by atoms with E-state index < -0.39 is 0 Å². The third kappa shape index (κ3) is 5.91. The van der Waals surface area contributed by atoms with Crippen LogP contribution in [0.3, 0.4) is 0 Å². The van der Waals surface area contributed by atoms with Crippen molar-refractivity contribution in [2.24, 2.45) is 0 Å². The van der Waals surface area contributed by atoms with Crippen LogP contribution in [0.15, 0.2) is 85.1 Å². The number of ether oxygens (including phenoxy) is 1. The van der Waals surface area contributed by atoms with Crippen molar-refractivity contribution in [1.29, 1.82) is 0 Å². The molecule has 0 spiro atoms. The number of rotatable bonds is 7. The van der Waals surface area contributed by atoms with E-state index in [-0.39, 0.29) is 11.4 Å². The van der Waals surface area contributed by atoms with Gasteiger partial charge in [-0.05, 0) is 53.9 Å². The summed E-state index contributed by atoms with van der Waals surface area (Å²) < 4.78 is 7.89. The van der Waals surface area contributed by atoms with Crippen molar-refractivity contribution in [3.63, 3.8) is 0 Å². The van der Waals surface area contributed by atoms with E-state index >= 15 is 0 Å². The highest BCUT2D eigenvalue weighted by molar-refractivity contribution is 6.07. The molecule has 8 heteroatoms. The second kappa shape index (κ2) is 11.1. The average Bonchev–Trinajstić information content (AvgIpc) is 3.37. The number of nitrogens with two attached hydrogens (primary N) is 1. The molecule has 3 aromatic carbocycles. The normalized spacial score (nSPS) is 11.4. The Bertz CT molecular complexity index is 1650. The number of aromatic nitrogens is 3. The van der Waals surface area contributed by atoms with Crippen LogP contribution >= 0.6 is 0 Å². The van der Waals surface area contributed by atoms with Crippen LogP contribution in [0.4, 0.5) is 22.1 Å². The smallest absolute Gasteiger partial charge is 0.324 e. The summed E-state index contributed by atoms with van der Waals surface area (Å²) in [5.41, 5.74) is 10.2. The fourth-order valence-electron chi connectivity index (χ4n) is 4.43. The zero-order chi connectivity index (χ0) is 28.3. The van der Waals surface area contributed by atoms with Crippen LogP contribution in [0.1, 0.15) is 44.5 Å². The zero-order valence-corrected chi connectivity index (χ0v) is 23.2. The van der Waals surface area contributed by atoms with Crippen LogP contribution in [0, 0.1) is 0 Å². The van der Waals surface area contributed by atoms with Gasteiger partial charge in [0.25, 0.3) is 0 Å². The molecular weight excluding hydrogens is 500 g/mol. The molecule has 5 aromatic rings. The monoisotopic (exact) mass is 534 g/mol. The Hall–Kier alpha value is -4.85. The Labute approximate surface area is 234 Å². The van der Waals surface area contributed by atoms with Crippen LogP contribution in [0.2, 0.25) is 0 Å². The predicted octanol–water partition coefficient (Wildman–Crippen LogP) is 7.09. The van der Waals surface area contributed by atoms with E-state index in [1.54, 1.807) is 16.9 Å². The summed E-state index contributed by atoms with van der Waals surface area (Å²) in [6.07, 6.45) is 2.62. The summed E-state index contributed by atoms with van der Waals surface area (Å²) >= 11 is 0. The number of nitrogens with one attached hydrogen (secondary N) is 2. The summed E-state index contributed by atoms with van der Waals surface area (Å²) in [7, 11) is 0. The van der Waals surface area contributed by atoms with Gasteiger partial charge in [-0.15, -0.1) is 0 Å². The van der Waals surface area contributed by atoms with E-state index in [0.717, 1.165) is 34.1 Å². The summed E-state index contributed by atoms with van der Waals surface area (Å²) in [5, 5.41) is 12.6. The van der Waals surface area contributed by atoms with Crippen molar-refractivity contribution in [2.75, 3.05) is 16.4 Å². The highest BCUT2D eigenvalue weighted by atomic mass is 16.5. The third-order valence-corrected chi connectivity index (χ3v) is 6.68. The summed E-state index contributed by atoms with van der Waals surface area (Å²) in [5.74, 6) is 1.75. The number of aryl methyl sites for hydroxylation is 1. The molecule has 2 amide bonds. The van der Waals surface area contributed by atoms with Crippen LogP contribution in [0.25, 0.3) is 16.5 Å². The van der Waals surface area contributed by atoms with Gasteiger partial charge in [0.2, 0.25) is 0 Å². The lowest BCUT2D eigenvalue weighted by Gasteiger charge is -2.14. The van der Waals surface area contributed by atoms with Crippen molar-refractivity contribution >= 4 is 34.1 Å². The van der Waals surface area contributed by atoms with Gasteiger partial charge in [0.05, 0.1) is 17.1 Å². The van der Waals surface area contributed by atoms with Crippen molar-refractivity contribution in [3.8, 4) is 11.4 Å². The minimum atomic E-state index is -0.363. The van der Waals surface area contributed by atoms with Crippen LogP contribution in [0.5, 0.6) is 5.75 Å². The Balaban J connectivity index is 1.39. The van der Waals surface area contributed by atoms with Gasteiger partial charge in [-0.2, -0.15) is 5.10 Å². The number of hydrogen-bond donors (Lipinski definition) is 3. The minimum absolute atomic E-state index is 0.185. The number of nitrogen functional groups attached to an aromatic ring is 1. The lowest BCUT2D eigenvalue weighted by atomic mass is 9.92. The highest BCUT2D eigenvalue weighted by Crippen LogP contribution is 2.33. The molecule has 0 saturated carbocycles. The molecule has 5 rings (SSSR count). The Morgan fingerprint density at radius 1 is 0.925 bits per heavy atom. The number of urea groups is 1. The first-order chi connectivity index (χ1) is 19.2. The first kappa shape index (κ1) is 26.7. The minimum Gasteiger partial charge on any atom is -0.488 e. The number of carbonyl (C=O) groups excluding carboxylic acids is 1. The van der Waals surface area contributed by atoms with Gasteiger partial charge in [-0.25, -0.2) is 14.5 Å². The van der Waals surface area contributed by atoms with Crippen molar-refractivity contribution in [2.45, 2.75) is 46.1 Å². The highest BCUT2D eigenvalue weighted by Gasteiger charge is 2.22. The van der Waals surface area contributed by atoms with Crippen molar-refractivity contribution in [3.05, 3.63) is 102 Å². The van der Waals surface area contributed by atoms with E-state index in [1.165, 1.54) is 5.56 Å². The first-order valence-electron chi connectivity index (χ1n) is 13.3. The number of nitrogens with zero attached hydrogens (tertiary/aromatic N) is 3. The maximum atomic E-state index is 13.3. The fraction of sp³-hybridized carbons (Fsp3) is 0.219. The molecule has 0 fully saturated rings. The van der Waals surface area contributed by atoms with Gasteiger partial charge in [-0.1, -0.05) is 64.1 Å². The quantitative estimate of drug-likeness (QED) is 0.207. The van der Waals surface area contributed by atoms with Crippen LogP contribution in [-0.4, -0.2) is 20.8 Å². The molecule has 4 N–H and O–H groups in total. The number of amides is 2. The molecule has 0 bridgehead atoms. The lowest BCUT2D eigenvalue weighted by molar-refractivity contribution is 0.262. The molecule has 0 unspecified atom stereocenters. The Kier molecular flexibility index (Phi) is 7.42. The van der Waals surface area contributed by atoms with Crippen LogP contribution in [-0.2, 0) is 18.4 Å². The van der Waals surface area contributed by atoms with Gasteiger partial charge in [0.1, 0.15) is 24.0 Å². The second-order valence-corrected chi connectivity index (χ2v) is 10.7. The fourth-order valence-corrected chi connectivity index (χ4v) is 4.43. The molecule has 0 radical (unpaired) electrons. The summed E-state index contributed by atoms with van der Waals surface area (Å²) in [6, 6.07) is 24.9. The van der Waals surface area contributed by atoms with Crippen molar-refractivity contribution in [1.82, 2.24) is 14.8 Å².